The van der Waals surface area contributed by atoms with Gasteiger partial charge in [-0.05, 0) is 74.9 Å². The molecule has 2 aromatic rings. The average molecular weight is 450 g/mol. The third-order valence-electron chi connectivity index (χ3n) is 6.26. The van der Waals surface area contributed by atoms with E-state index >= 15 is 0 Å². The number of rotatable bonds is 6. The predicted octanol–water partition coefficient (Wildman–Crippen LogP) is 4.07. The maximum atomic E-state index is 13.4. The highest BCUT2D eigenvalue weighted by atomic mass is 16.6. The predicted molar refractivity (Wildman–Crippen MR) is 126 cm³/mol. The highest BCUT2D eigenvalue weighted by molar-refractivity contribution is 5.95. The summed E-state index contributed by atoms with van der Waals surface area (Å²) < 4.78 is 5.31. The monoisotopic (exact) mass is 449 g/mol. The van der Waals surface area contributed by atoms with Gasteiger partial charge >= 0.3 is 6.09 Å². The minimum atomic E-state index is -0.453. The van der Waals surface area contributed by atoms with Gasteiger partial charge in [0.05, 0.1) is 6.10 Å². The number of nitrogens with zero attached hydrogens (tertiary/aromatic N) is 2. The van der Waals surface area contributed by atoms with E-state index in [1.54, 1.807) is 17.0 Å². The van der Waals surface area contributed by atoms with Crippen LogP contribution in [0.3, 0.4) is 0 Å². The molecule has 0 bridgehead atoms. The number of hydrogen-bond acceptors (Lipinski definition) is 4. The van der Waals surface area contributed by atoms with Gasteiger partial charge in [-0.15, -0.1) is 0 Å². The van der Waals surface area contributed by atoms with E-state index in [1.807, 2.05) is 55.1 Å². The first-order valence-corrected chi connectivity index (χ1v) is 11.6. The summed E-state index contributed by atoms with van der Waals surface area (Å²) in [5.41, 5.74) is 8.37. The summed E-state index contributed by atoms with van der Waals surface area (Å²) in [6.07, 6.45) is 3.19. The Morgan fingerprint density at radius 3 is 1.79 bits per heavy atom. The van der Waals surface area contributed by atoms with Crippen molar-refractivity contribution < 1.29 is 19.1 Å². The van der Waals surface area contributed by atoms with E-state index in [-0.39, 0.29) is 30.2 Å². The fraction of sp³-hybridized carbons (Fsp3) is 0.423. The number of nitrogens with two attached hydrogens (primary N) is 1. The number of primary amides is 1. The Labute approximate surface area is 194 Å². The molecule has 1 heterocycles. The van der Waals surface area contributed by atoms with Crippen LogP contribution < -0.4 is 5.73 Å². The van der Waals surface area contributed by atoms with Gasteiger partial charge in [-0.3, -0.25) is 9.59 Å². The molecular formula is C26H31N3O4. The molecule has 0 aromatic heterocycles. The second kappa shape index (κ2) is 9.65. The van der Waals surface area contributed by atoms with Crippen LogP contribution in [0.5, 0.6) is 0 Å². The number of carbonyl (C=O) groups is 3. The Hall–Kier alpha value is -3.35. The van der Waals surface area contributed by atoms with Crippen LogP contribution in [0, 0.1) is 0 Å². The molecule has 7 nitrogen and oxygen atoms in total. The van der Waals surface area contributed by atoms with Gasteiger partial charge in [0, 0.05) is 36.3 Å². The van der Waals surface area contributed by atoms with Gasteiger partial charge in [-0.25, -0.2) is 4.79 Å². The third kappa shape index (κ3) is 5.35. The summed E-state index contributed by atoms with van der Waals surface area (Å²) in [6.45, 7) is 4.90. The molecule has 2 fully saturated rings. The van der Waals surface area contributed by atoms with Gasteiger partial charge in [0.1, 0.15) is 0 Å². The maximum Gasteiger partial charge on any atom is 0.410 e. The van der Waals surface area contributed by atoms with Gasteiger partial charge < -0.3 is 20.3 Å². The molecule has 33 heavy (non-hydrogen) atoms. The van der Waals surface area contributed by atoms with Crippen LogP contribution >= 0.6 is 0 Å². The first kappa shape index (κ1) is 22.8. The van der Waals surface area contributed by atoms with E-state index in [4.69, 9.17) is 10.5 Å². The molecule has 0 unspecified atom stereocenters. The molecule has 0 radical (unpaired) electrons. The smallest absolute Gasteiger partial charge is 0.410 e. The molecular weight excluding hydrogens is 418 g/mol. The van der Waals surface area contributed by atoms with E-state index < -0.39 is 5.91 Å². The van der Waals surface area contributed by atoms with Gasteiger partial charge in [0.15, 0.2) is 0 Å². The number of benzene rings is 2. The molecule has 7 heteroatoms. The topological polar surface area (TPSA) is 92.9 Å². The van der Waals surface area contributed by atoms with Crippen molar-refractivity contribution in [3.8, 4) is 11.1 Å². The Kier molecular flexibility index (Phi) is 6.67. The molecule has 2 N–H and O–H groups in total. The maximum absolute atomic E-state index is 13.4. The van der Waals surface area contributed by atoms with Crippen LogP contribution in [-0.4, -0.2) is 59.0 Å². The number of amides is 3. The van der Waals surface area contributed by atoms with Crippen molar-refractivity contribution in [3.63, 3.8) is 0 Å². The summed E-state index contributed by atoms with van der Waals surface area (Å²) >= 11 is 0. The minimum absolute atomic E-state index is 0.0522. The Bertz CT molecular complexity index is 1000. The molecule has 1 aliphatic heterocycles. The number of ether oxygens (including phenoxy) is 1. The summed E-state index contributed by atoms with van der Waals surface area (Å²) in [7, 11) is 0. The molecule has 4 rings (SSSR count). The van der Waals surface area contributed by atoms with E-state index in [9.17, 15) is 14.4 Å². The fourth-order valence-corrected chi connectivity index (χ4v) is 4.37. The molecule has 2 aromatic carbocycles. The lowest BCUT2D eigenvalue weighted by Gasteiger charge is -2.38. The van der Waals surface area contributed by atoms with Crippen LogP contribution in [-0.2, 0) is 4.74 Å². The number of carbonyl (C=O) groups excluding carboxylic acids is 3. The van der Waals surface area contributed by atoms with Crippen molar-refractivity contribution in [2.75, 3.05) is 13.1 Å². The van der Waals surface area contributed by atoms with Crippen LogP contribution in [0.4, 0.5) is 4.79 Å². The minimum Gasteiger partial charge on any atom is -0.447 e. The lowest BCUT2D eigenvalue weighted by molar-refractivity contribution is 0.0451. The van der Waals surface area contributed by atoms with Gasteiger partial charge in [0.2, 0.25) is 5.91 Å². The zero-order valence-electron chi connectivity index (χ0n) is 19.2. The summed E-state index contributed by atoms with van der Waals surface area (Å²) in [4.78, 5) is 40.7. The quantitative estimate of drug-likeness (QED) is 0.720. The number of piperidine rings is 1. The van der Waals surface area contributed by atoms with Crippen LogP contribution in [0.25, 0.3) is 11.1 Å². The van der Waals surface area contributed by atoms with Gasteiger partial charge in [-0.2, -0.15) is 0 Å². The van der Waals surface area contributed by atoms with Crippen LogP contribution in [0.15, 0.2) is 48.5 Å². The summed E-state index contributed by atoms with van der Waals surface area (Å²) in [5.74, 6) is -0.401. The highest BCUT2D eigenvalue weighted by Gasteiger charge is 2.39. The Balaban J connectivity index is 1.42. The molecule has 1 saturated carbocycles. The fourth-order valence-electron chi connectivity index (χ4n) is 4.37. The Morgan fingerprint density at radius 2 is 1.33 bits per heavy atom. The highest BCUT2D eigenvalue weighted by Crippen LogP contribution is 2.33. The first-order valence-electron chi connectivity index (χ1n) is 11.6. The first-order chi connectivity index (χ1) is 15.8. The van der Waals surface area contributed by atoms with Crippen LogP contribution in [0.2, 0.25) is 0 Å². The van der Waals surface area contributed by atoms with Crippen molar-refractivity contribution in [2.24, 2.45) is 5.73 Å². The van der Waals surface area contributed by atoms with Crippen molar-refractivity contribution in [3.05, 3.63) is 59.7 Å². The molecule has 0 spiro atoms. The summed E-state index contributed by atoms with van der Waals surface area (Å²) in [6, 6.07) is 15.1. The lowest BCUT2D eigenvalue weighted by atomic mass is 10.00. The SMILES string of the molecule is CC(C)OC(=O)N1CCC(N(C(=O)c2ccc(-c3ccc(C(N)=O)cc3)cc2)C2CC2)CC1. The second-order valence-electron chi connectivity index (χ2n) is 9.11. The lowest BCUT2D eigenvalue weighted by Crippen LogP contribution is -2.50. The number of hydrogen-bond donors (Lipinski definition) is 1. The zero-order chi connectivity index (χ0) is 23.5. The largest absolute Gasteiger partial charge is 0.447 e. The van der Waals surface area contributed by atoms with Gasteiger partial charge in [0.25, 0.3) is 5.91 Å². The van der Waals surface area contributed by atoms with Crippen molar-refractivity contribution in [2.45, 2.75) is 57.7 Å². The molecule has 3 amide bonds. The number of likely N-dealkylation sites (tertiary alicyclic amines) is 1. The van der Waals surface area contributed by atoms with E-state index in [0.717, 1.165) is 36.8 Å². The Morgan fingerprint density at radius 1 is 0.848 bits per heavy atom. The standard InChI is InChI=1S/C26H31N3O4/c1-17(2)33-26(32)28-15-13-23(14-16-28)29(22-11-12-22)25(31)21-9-5-19(6-10-21)18-3-7-20(8-4-18)24(27)30/h3-10,17,22-23H,11-16H2,1-2H3,(H2,27,30). The van der Waals surface area contributed by atoms with E-state index in [2.05, 4.69) is 0 Å². The van der Waals surface area contributed by atoms with Crippen molar-refractivity contribution >= 4 is 17.9 Å². The second-order valence-corrected chi connectivity index (χ2v) is 9.11. The van der Waals surface area contributed by atoms with Crippen LogP contribution in [0.1, 0.15) is 60.2 Å². The summed E-state index contributed by atoms with van der Waals surface area (Å²) in [5, 5.41) is 0. The molecule has 174 valence electrons. The van der Waals surface area contributed by atoms with E-state index in [1.165, 1.54) is 0 Å². The molecule has 2 aliphatic rings. The molecule has 1 saturated heterocycles. The van der Waals surface area contributed by atoms with Gasteiger partial charge in [-0.1, -0.05) is 24.3 Å². The molecule has 1 aliphatic carbocycles. The third-order valence-corrected chi connectivity index (χ3v) is 6.26. The van der Waals surface area contributed by atoms with Crippen molar-refractivity contribution in [1.82, 2.24) is 9.80 Å². The van der Waals surface area contributed by atoms with Crippen molar-refractivity contribution in [1.29, 1.82) is 0 Å². The zero-order valence-corrected chi connectivity index (χ0v) is 19.2. The van der Waals surface area contributed by atoms with E-state index in [0.29, 0.717) is 24.2 Å². The average Bonchev–Trinajstić information content (AvgIpc) is 3.64. The normalized spacial score (nSPS) is 16.5. The molecule has 0 atom stereocenters.